The minimum atomic E-state index is -0.922. The average Bonchev–Trinajstić information content (AvgIpc) is 3.46. The molecule has 0 spiro atoms. The smallest absolute Gasteiger partial charge is 0.338 e. The van der Waals surface area contributed by atoms with Gasteiger partial charge < -0.3 is 14.5 Å². The van der Waals surface area contributed by atoms with Crippen LogP contribution in [-0.4, -0.2) is 23.8 Å². The second-order valence-corrected chi connectivity index (χ2v) is 7.71. The third-order valence-electron chi connectivity index (χ3n) is 5.50. The van der Waals surface area contributed by atoms with Crippen molar-refractivity contribution in [1.82, 2.24) is 0 Å². The summed E-state index contributed by atoms with van der Waals surface area (Å²) in [7, 11) is 0. The fourth-order valence-electron chi connectivity index (χ4n) is 3.72. The number of ether oxygens (including phenoxy) is 1. The summed E-state index contributed by atoms with van der Waals surface area (Å²) in [4.78, 5) is 37.7. The van der Waals surface area contributed by atoms with Crippen molar-refractivity contribution in [2.75, 3.05) is 5.32 Å². The summed E-state index contributed by atoms with van der Waals surface area (Å²) in [5.74, 6) is -1.11. The summed E-state index contributed by atoms with van der Waals surface area (Å²) in [6.45, 7) is 3.38. The van der Waals surface area contributed by atoms with Crippen LogP contribution in [0.4, 0.5) is 5.69 Å². The van der Waals surface area contributed by atoms with Crippen LogP contribution in [0.2, 0.25) is 0 Å². The Morgan fingerprint density at radius 2 is 1.77 bits per heavy atom. The Morgan fingerprint density at radius 3 is 2.55 bits per heavy atom. The van der Waals surface area contributed by atoms with E-state index in [0.717, 1.165) is 24.8 Å². The van der Waals surface area contributed by atoms with E-state index in [1.54, 1.807) is 37.3 Å². The van der Waals surface area contributed by atoms with Gasteiger partial charge in [-0.1, -0.05) is 18.2 Å². The maximum atomic E-state index is 12.8. The van der Waals surface area contributed by atoms with E-state index >= 15 is 0 Å². The predicted molar refractivity (Wildman–Crippen MR) is 116 cm³/mol. The van der Waals surface area contributed by atoms with E-state index in [4.69, 9.17) is 9.15 Å². The number of rotatable bonds is 6. The van der Waals surface area contributed by atoms with Crippen LogP contribution in [0.1, 0.15) is 61.3 Å². The normalized spacial score (nSPS) is 13.4. The molecule has 31 heavy (non-hydrogen) atoms. The molecular formula is C25H23NO5. The Labute approximate surface area is 180 Å². The van der Waals surface area contributed by atoms with Crippen LogP contribution in [0.25, 0.3) is 0 Å². The molecule has 6 nitrogen and oxygen atoms in total. The number of anilines is 1. The SMILES string of the molecule is Cc1ccc(C(=O)O[C@@H](C)C(=O)c2ccc3c(c2)CCC3)cc1NC(=O)c1ccco1. The quantitative estimate of drug-likeness (QED) is 0.462. The number of benzene rings is 2. The third-order valence-corrected chi connectivity index (χ3v) is 5.50. The van der Waals surface area contributed by atoms with Crippen molar-refractivity contribution in [1.29, 1.82) is 0 Å². The van der Waals surface area contributed by atoms with Crippen molar-refractivity contribution in [3.05, 3.63) is 88.4 Å². The van der Waals surface area contributed by atoms with Crippen LogP contribution in [0.15, 0.2) is 59.2 Å². The molecule has 0 saturated carbocycles. The second kappa shape index (κ2) is 8.60. The van der Waals surface area contributed by atoms with E-state index in [9.17, 15) is 14.4 Å². The number of furan rings is 1. The Balaban J connectivity index is 1.45. The highest BCUT2D eigenvalue weighted by atomic mass is 16.5. The molecule has 1 aliphatic carbocycles. The number of ketones is 1. The lowest BCUT2D eigenvalue weighted by molar-refractivity contribution is 0.0319. The van der Waals surface area contributed by atoms with E-state index in [2.05, 4.69) is 5.32 Å². The zero-order valence-electron chi connectivity index (χ0n) is 17.4. The molecule has 1 N–H and O–H groups in total. The van der Waals surface area contributed by atoms with Gasteiger partial charge in [0.2, 0.25) is 5.78 Å². The van der Waals surface area contributed by atoms with E-state index in [1.807, 2.05) is 19.1 Å². The van der Waals surface area contributed by atoms with Crippen molar-refractivity contribution in [2.45, 2.75) is 39.2 Å². The number of esters is 1. The van der Waals surface area contributed by atoms with E-state index in [1.165, 1.54) is 23.5 Å². The van der Waals surface area contributed by atoms with Gasteiger partial charge in [0, 0.05) is 11.3 Å². The molecule has 2 aromatic carbocycles. The molecule has 6 heteroatoms. The van der Waals surface area contributed by atoms with Crippen molar-refractivity contribution in [2.24, 2.45) is 0 Å². The fraction of sp³-hybridized carbons (Fsp3) is 0.240. The fourth-order valence-corrected chi connectivity index (χ4v) is 3.72. The molecule has 0 fully saturated rings. The van der Waals surface area contributed by atoms with E-state index in [0.29, 0.717) is 11.3 Å². The zero-order valence-corrected chi connectivity index (χ0v) is 17.4. The summed E-state index contributed by atoms with van der Waals surface area (Å²) >= 11 is 0. The molecule has 1 amide bonds. The Hall–Kier alpha value is -3.67. The van der Waals surface area contributed by atoms with Crippen LogP contribution >= 0.6 is 0 Å². The van der Waals surface area contributed by atoms with Gasteiger partial charge in [-0.15, -0.1) is 0 Å². The van der Waals surface area contributed by atoms with Crippen molar-refractivity contribution in [3.63, 3.8) is 0 Å². The lowest BCUT2D eigenvalue weighted by Crippen LogP contribution is -2.24. The second-order valence-electron chi connectivity index (χ2n) is 7.71. The standard InChI is InChI=1S/C25H23NO5/c1-15-8-9-20(14-21(15)26-24(28)22-7-4-12-30-22)25(29)31-16(2)23(27)19-11-10-17-5-3-6-18(17)13-19/h4,7-14,16H,3,5-6H2,1-2H3,(H,26,28)/t16-/m0/s1. The molecule has 0 bridgehead atoms. The van der Waals surface area contributed by atoms with Crippen LogP contribution in [0, 0.1) is 6.92 Å². The first-order valence-electron chi connectivity index (χ1n) is 10.2. The lowest BCUT2D eigenvalue weighted by atomic mass is 10.0. The van der Waals surface area contributed by atoms with Gasteiger partial charge in [-0.25, -0.2) is 4.79 Å². The highest BCUT2D eigenvalue weighted by Gasteiger charge is 2.23. The molecule has 1 atom stereocenters. The van der Waals surface area contributed by atoms with Gasteiger partial charge in [-0.3, -0.25) is 9.59 Å². The minimum Gasteiger partial charge on any atom is -0.459 e. The first-order chi connectivity index (χ1) is 14.9. The molecule has 4 rings (SSSR count). The van der Waals surface area contributed by atoms with Crippen LogP contribution in [-0.2, 0) is 17.6 Å². The lowest BCUT2D eigenvalue weighted by Gasteiger charge is -2.14. The highest BCUT2D eigenvalue weighted by Crippen LogP contribution is 2.24. The predicted octanol–water partition coefficient (Wildman–Crippen LogP) is 4.76. The molecule has 1 aromatic heterocycles. The molecular weight excluding hydrogens is 394 g/mol. The Bertz CT molecular complexity index is 1150. The number of fused-ring (bicyclic) bond motifs is 1. The summed E-state index contributed by atoms with van der Waals surface area (Å²) in [5.41, 5.74) is 4.52. The average molecular weight is 417 g/mol. The van der Waals surface area contributed by atoms with Gasteiger partial charge in [0.05, 0.1) is 11.8 Å². The van der Waals surface area contributed by atoms with Gasteiger partial charge in [0.1, 0.15) is 0 Å². The topological polar surface area (TPSA) is 85.6 Å². The van der Waals surface area contributed by atoms with E-state index in [-0.39, 0.29) is 17.1 Å². The summed E-state index contributed by atoms with van der Waals surface area (Å²) in [5, 5.41) is 2.73. The summed E-state index contributed by atoms with van der Waals surface area (Å²) in [6.07, 6.45) is 3.61. The van der Waals surface area contributed by atoms with Crippen molar-refractivity contribution < 1.29 is 23.5 Å². The first kappa shape index (κ1) is 20.6. The summed E-state index contributed by atoms with van der Waals surface area (Å²) < 4.78 is 10.5. The Kier molecular flexibility index (Phi) is 5.71. The van der Waals surface area contributed by atoms with E-state index < -0.39 is 18.0 Å². The molecule has 0 radical (unpaired) electrons. The largest absolute Gasteiger partial charge is 0.459 e. The number of aryl methyl sites for hydroxylation is 3. The zero-order chi connectivity index (χ0) is 22.0. The molecule has 1 aliphatic rings. The number of hydrogen-bond donors (Lipinski definition) is 1. The highest BCUT2D eigenvalue weighted by molar-refractivity contribution is 6.04. The third kappa shape index (κ3) is 4.43. The van der Waals surface area contributed by atoms with Crippen molar-refractivity contribution >= 4 is 23.3 Å². The number of carbonyl (C=O) groups excluding carboxylic acids is 3. The van der Waals surface area contributed by atoms with Gasteiger partial charge in [0.25, 0.3) is 5.91 Å². The van der Waals surface area contributed by atoms with Crippen molar-refractivity contribution in [3.8, 4) is 0 Å². The number of carbonyl (C=O) groups is 3. The number of hydrogen-bond acceptors (Lipinski definition) is 5. The maximum Gasteiger partial charge on any atom is 0.338 e. The molecule has 3 aromatic rings. The molecule has 0 unspecified atom stereocenters. The summed E-state index contributed by atoms with van der Waals surface area (Å²) in [6, 6.07) is 13.7. The molecule has 0 saturated heterocycles. The van der Waals surface area contributed by atoms with Crippen LogP contribution in [0.3, 0.4) is 0 Å². The van der Waals surface area contributed by atoms with Crippen LogP contribution in [0.5, 0.6) is 0 Å². The monoisotopic (exact) mass is 417 g/mol. The molecule has 1 heterocycles. The van der Waals surface area contributed by atoms with Gasteiger partial charge in [-0.05, 0) is 80.1 Å². The number of amides is 1. The van der Waals surface area contributed by atoms with Gasteiger partial charge >= 0.3 is 5.97 Å². The molecule has 0 aliphatic heterocycles. The van der Waals surface area contributed by atoms with Crippen LogP contribution < -0.4 is 5.32 Å². The molecule has 158 valence electrons. The van der Waals surface area contributed by atoms with Gasteiger partial charge in [0.15, 0.2) is 11.9 Å². The minimum absolute atomic E-state index is 0.168. The maximum absolute atomic E-state index is 12.8. The number of Topliss-reactive ketones (excluding diaryl/α,β-unsaturated/α-hetero) is 1. The first-order valence-corrected chi connectivity index (χ1v) is 10.2. The Morgan fingerprint density at radius 1 is 1.00 bits per heavy atom. The number of nitrogens with one attached hydrogen (secondary N) is 1. The van der Waals surface area contributed by atoms with Gasteiger partial charge in [-0.2, -0.15) is 0 Å².